The van der Waals surface area contributed by atoms with Gasteiger partial charge in [-0.15, -0.1) is 16.2 Å². The van der Waals surface area contributed by atoms with Crippen molar-refractivity contribution in [3.8, 4) is 11.3 Å². The first-order valence-electron chi connectivity index (χ1n) is 14.1. The first kappa shape index (κ1) is 26.9. The van der Waals surface area contributed by atoms with Crippen LogP contribution < -0.4 is 0 Å². The van der Waals surface area contributed by atoms with E-state index in [2.05, 4.69) is 22.2 Å². The highest BCUT2D eigenvalue weighted by Crippen LogP contribution is 2.57. The van der Waals surface area contributed by atoms with E-state index in [9.17, 15) is 14.1 Å². The van der Waals surface area contributed by atoms with E-state index in [0.717, 1.165) is 77.7 Å². The highest BCUT2D eigenvalue weighted by atomic mass is 35.5. The monoisotopic (exact) mass is 593 g/mol. The first-order valence-corrected chi connectivity index (χ1v) is 15.3. The number of rotatable bonds is 7. The molecule has 41 heavy (non-hydrogen) atoms. The van der Waals surface area contributed by atoms with E-state index in [1.54, 1.807) is 0 Å². The number of nitrogens with zero attached hydrogens (tertiary/aromatic N) is 3. The van der Waals surface area contributed by atoms with Crippen LogP contribution in [0, 0.1) is 29.5 Å². The number of aromatic nitrogens is 2. The molecule has 1 amide bonds. The lowest BCUT2D eigenvalue weighted by Crippen LogP contribution is -2.39. The van der Waals surface area contributed by atoms with Gasteiger partial charge in [-0.25, -0.2) is 9.37 Å². The fourth-order valence-electron chi connectivity index (χ4n) is 7.17. The summed E-state index contributed by atoms with van der Waals surface area (Å²) in [6, 6.07) is 8.43. The molecule has 2 bridgehead atoms. The zero-order valence-electron chi connectivity index (χ0n) is 22.8. The van der Waals surface area contributed by atoms with Gasteiger partial charge in [0, 0.05) is 33.7 Å². The third-order valence-corrected chi connectivity index (χ3v) is 10.6. The Kier molecular flexibility index (Phi) is 6.60. The summed E-state index contributed by atoms with van der Waals surface area (Å²) in [5, 5.41) is 8.46. The minimum absolute atomic E-state index is 0.0431. The van der Waals surface area contributed by atoms with Crippen molar-refractivity contribution < 1.29 is 18.4 Å². The van der Waals surface area contributed by atoms with E-state index in [4.69, 9.17) is 20.9 Å². The van der Waals surface area contributed by atoms with Crippen molar-refractivity contribution in [1.82, 2.24) is 10.1 Å². The van der Waals surface area contributed by atoms with Gasteiger partial charge in [0.1, 0.15) is 17.0 Å². The highest BCUT2D eigenvalue weighted by Gasteiger charge is 2.50. The predicted molar refractivity (Wildman–Crippen MR) is 155 cm³/mol. The van der Waals surface area contributed by atoms with Crippen LogP contribution in [0.15, 0.2) is 40.0 Å². The van der Waals surface area contributed by atoms with Crippen molar-refractivity contribution in [2.24, 2.45) is 17.0 Å². The molecule has 3 aliphatic carbocycles. The maximum absolute atomic E-state index is 14.8. The van der Waals surface area contributed by atoms with Crippen LogP contribution in [-0.4, -0.2) is 21.6 Å². The number of carbonyl (C=O) groups excluding carboxylic acids is 1. The molecule has 0 aliphatic heterocycles. The molecular weight excluding hydrogens is 565 g/mol. The maximum atomic E-state index is 14.8. The smallest absolute Gasteiger partial charge is 0.316 e. The fourth-order valence-corrected chi connectivity index (χ4v) is 8.79. The zero-order valence-corrected chi connectivity index (χ0v) is 24.4. The number of hydrogen-bond acceptors (Lipinski definition) is 7. The van der Waals surface area contributed by atoms with Gasteiger partial charge in [0.2, 0.25) is 0 Å². The predicted octanol–water partition coefficient (Wildman–Crippen LogP) is 8.72. The van der Waals surface area contributed by atoms with Crippen LogP contribution in [0.25, 0.3) is 21.5 Å². The maximum Gasteiger partial charge on any atom is 0.316 e. The molecule has 4 aromatic rings. The normalized spacial score (nSPS) is 25.6. The van der Waals surface area contributed by atoms with E-state index in [0.29, 0.717) is 34.1 Å². The number of hydrogen-bond donors (Lipinski definition) is 0. The van der Waals surface area contributed by atoms with Crippen molar-refractivity contribution in [3.63, 3.8) is 0 Å². The molecule has 7 rings (SSSR count). The summed E-state index contributed by atoms with van der Waals surface area (Å²) in [5.41, 5.74) is 3.59. The van der Waals surface area contributed by atoms with Crippen molar-refractivity contribution in [2.75, 3.05) is 0 Å². The largest absolute Gasteiger partial charge is 0.370 e. The molecule has 3 saturated carbocycles. The van der Waals surface area contributed by atoms with Crippen LogP contribution in [0.4, 0.5) is 4.39 Å². The third kappa shape index (κ3) is 4.72. The van der Waals surface area contributed by atoms with Gasteiger partial charge in [-0.05, 0) is 88.0 Å². The van der Waals surface area contributed by atoms with Crippen LogP contribution in [0.3, 0.4) is 0 Å². The van der Waals surface area contributed by atoms with Gasteiger partial charge in [0.25, 0.3) is 0 Å². The molecule has 2 heterocycles. The molecule has 0 spiro atoms. The molecule has 2 aromatic heterocycles. The van der Waals surface area contributed by atoms with E-state index >= 15 is 0 Å². The molecule has 4 atom stereocenters. The molecule has 2 unspecified atom stereocenters. The molecule has 10 heteroatoms. The molecule has 3 aliphatic rings. The summed E-state index contributed by atoms with van der Waals surface area (Å²) >= 11 is 8.03. The number of carbonyl (C=O) groups is 1. The molecule has 0 N–H and O–H groups in total. The molecule has 0 saturated heterocycles. The summed E-state index contributed by atoms with van der Waals surface area (Å²) in [4.78, 5) is 27.1. The Hall–Kier alpha value is -3.01. The second-order valence-electron chi connectivity index (χ2n) is 12.1. The summed E-state index contributed by atoms with van der Waals surface area (Å²) in [7, 11) is 0. The summed E-state index contributed by atoms with van der Waals surface area (Å²) < 4.78 is 28.0. The Balaban J connectivity index is 1.14. The van der Waals surface area contributed by atoms with Gasteiger partial charge >= 0.3 is 5.91 Å². The van der Waals surface area contributed by atoms with E-state index in [1.807, 2.05) is 25.1 Å². The Bertz CT molecular complexity index is 1660. The molecule has 3 fully saturated rings. The SMILES string of the molecule is Cc1cccc(Cl)c1-c1noc(C2CC2)c1COC1(C)C[C@H]2CC[C@@H](C1)C2c1nc2c(F)cc(C(=O)N=O)cc2s1. The second kappa shape index (κ2) is 10.1. The number of benzene rings is 2. The first-order chi connectivity index (χ1) is 19.7. The fraction of sp³-hybridized carbons (Fsp3) is 0.452. The standard InChI is InChI=1S/C31H29ClFN3O4S/c1-15-4-3-5-21(32)24(15)26-20(28(40-36-26)16-6-7-16)14-39-31(2)12-17-8-9-18(13-31)25(17)30-34-27-22(33)10-19(29(37)35-38)11-23(27)41-30/h3-5,10-11,16-18,25H,6-9,12-14H2,1-2H3/t17-,18+,25?,31?. The number of aryl methyl sites for hydroxylation is 1. The average Bonchev–Trinajstić information content (AvgIpc) is 3.45. The highest BCUT2D eigenvalue weighted by molar-refractivity contribution is 7.18. The van der Waals surface area contributed by atoms with Gasteiger partial charge in [0.05, 0.1) is 26.9 Å². The van der Waals surface area contributed by atoms with E-state index in [1.165, 1.54) is 17.4 Å². The van der Waals surface area contributed by atoms with Crippen molar-refractivity contribution in [2.45, 2.75) is 76.4 Å². The Morgan fingerprint density at radius 3 is 2.66 bits per heavy atom. The molecule has 212 valence electrons. The van der Waals surface area contributed by atoms with Crippen LogP contribution in [0.5, 0.6) is 0 Å². The van der Waals surface area contributed by atoms with Gasteiger partial charge < -0.3 is 9.26 Å². The number of fused-ring (bicyclic) bond motifs is 3. The Labute approximate surface area is 245 Å². The lowest BCUT2D eigenvalue weighted by molar-refractivity contribution is -0.0875. The van der Waals surface area contributed by atoms with Gasteiger partial charge in [-0.3, -0.25) is 4.79 Å². The topological polar surface area (TPSA) is 94.7 Å². The molecule has 2 aromatic carbocycles. The van der Waals surface area contributed by atoms with Crippen LogP contribution in [-0.2, 0) is 11.3 Å². The Morgan fingerprint density at radius 2 is 1.98 bits per heavy atom. The second-order valence-corrected chi connectivity index (χ2v) is 13.6. The quantitative estimate of drug-likeness (QED) is 0.199. The average molecular weight is 594 g/mol. The molecule has 7 nitrogen and oxygen atoms in total. The van der Waals surface area contributed by atoms with Crippen molar-refractivity contribution in [1.29, 1.82) is 0 Å². The van der Waals surface area contributed by atoms with Gasteiger partial charge in [0.15, 0.2) is 5.82 Å². The zero-order chi connectivity index (χ0) is 28.5. The number of ether oxygens (including phenoxy) is 1. The lowest BCUT2D eigenvalue weighted by atomic mass is 9.71. The number of nitroso groups, excluding NO2 is 1. The third-order valence-electron chi connectivity index (χ3n) is 9.18. The molecule has 0 radical (unpaired) electrons. The summed E-state index contributed by atoms with van der Waals surface area (Å²) in [5.74, 6) is 0.654. The van der Waals surface area contributed by atoms with E-state index in [-0.39, 0.29) is 22.6 Å². The Morgan fingerprint density at radius 1 is 1.22 bits per heavy atom. The minimum atomic E-state index is -0.975. The summed E-state index contributed by atoms with van der Waals surface area (Å²) in [6.45, 7) is 4.63. The van der Waals surface area contributed by atoms with Crippen LogP contribution in [0.2, 0.25) is 5.02 Å². The summed E-state index contributed by atoms with van der Waals surface area (Å²) in [6.07, 6.45) is 6.06. The number of halogens is 2. The van der Waals surface area contributed by atoms with Gasteiger partial charge in [-0.2, -0.15) is 0 Å². The van der Waals surface area contributed by atoms with Crippen molar-refractivity contribution >= 4 is 39.1 Å². The van der Waals surface area contributed by atoms with E-state index < -0.39 is 11.7 Å². The van der Waals surface area contributed by atoms with Crippen molar-refractivity contribution in [3.05, 3.63) is 73.5 Å². The molecular formula is C31H29ClFN3O4S. The van der Waals surface area contributed by atoms with Crippen LogP contribution in [0.1, 0.15) is 89.5 Å². The van der Waals surface area contributed by atoms with Crippen LogP contribution >= 0.6 is 22.9 Å². The minimum Gasteiger partial charge on any atom is -0.370 e. The van der Waals surface area contributed by atoms with Gasteiger partial charge in [-0.1, -0.05) is 28.9 Å². The number of amides is 1. The number of thiazole rings is 1. The lowest BCUT2D eigenvalue weighted by Gasteiger charge is -2.41.